The zero-order chi connectivity index (χ0) is 25.1. The summed E-state index contributed by atoms with van der Waals surface area (Å²) < 4.78 is 8.80. The molecular weight excluding hydrogens is 466 g/mol. The number of aldehydes is 1. The number of nitrogens with zero attached hydrogens (tertiary/aromatic N) is 1. The van der Waals surface area contributed by atoms with E-state index in [9.17, 15) is 9.59 Å². The summed E-state index contributed by atoms with van der Waals surface area (Å²) in [6.07, 6.45) is 0.970. The molecule has 3 aromatic rings. The molecule has 0 aliphatic carbocycles. The molecule has 0 amide bonds. The van der Waals surface area contributed by atoms with Crippen LogP contribution in [0.15, 0.2) is 54.6 Å². The van der Waals surface area contributed by atoms with Crippen LogP contribution in [0, 0.1) is 6.92 Å². The topological polar surface area (TPSA) is 65.5 Å². The average Bonchev–Trinajstić information content (AvgIpc) is 3.23. The van der Waals surface area contributed by atoms with Gasteiger partial charge >= 0.3 is 0 Å². The van der Waals surface area contributed by atoms with Gasteiger partial charge in [-0.15, -0.1) is 23.1 Å². The summed E-state index contributed by atoms with van der Waals surface area (Å²) in [4.78, 5) is 30.8. The summed E-state index contributed by atoms with van der Waals surface area (Å²) >= 11 is 3.15. The lowest BCUT2D eigenvalue weighted by molar-refractivity contribution is -0.123. The lowest BCUT2D eigenvalue weighted by Gasteiger charge is -2.27. The number of ketones is 1. The van der Waals surface area contributed by atoms with Crippen molar-refractivity contribution in [1.29, 1.82) is 0 Å². The molecule has 0 bridgehead atoms. The molecule has 7 heteroatoms. The smallest absolute Gasteiger partial charge is 0.157 e. The minimum Gasteiger partial charge on any atom is -0.497 e. The SMILES string of the molecule is COC.COc1ccc(CSC(C)(C)C(=O)C(CC=O)c2nc(-c3ccccc3)sc2C)cc1. The van der Waals surface area contributed by atoms with Crippen LogP contribution in [0.4, 0.5) is 0 Å². The summed E-state index contributed by atoms with van der Waals surface area (Å²) in [5.41, 5.74) is 2.86. The summed E-state index contributed by atoms with van der Waals surface area (Å²) in [7, 11) is 4.89. The molecule has 0 radical (unpaired) electrons. The molecule has 1 aromatic heterocycles. The van der Waals surface area contributed by atoms with Crippen molar-refractivity contribution in [2.75, 3.05) is 21.3 Å². The van der Waals surface area contributed by atoms with E-state index in [0.717, 1.165) is 38.7 Å². The van der Waals surface area contributed by atoms with Crippen molar-refractivity contribution >= 4 is 35.2 Å². The van der Waals surface area contributed by atoms with Crippen molar-refractivity contribution in [3.63, 3.8) is 0 Å². The summed E-state index contributed by atoms with van der Waals surface area (Å²) in [5, 5.41) is 0.875. The van der Waals surface area contributed by atoms with Crippen LogP contribution in [0.2, 0.25) is 0 Å². The van der Waals surface area contributed by atoms with Gasteiger partial charge in [0.15, 0.2) is 5.78 Å². The molecule has 0 saturated carbocycles. The standard InChI is InChI=1S/C25H27NO3S2.C2H6O/c1-17-22(26-24(31-17)19-8-6-5-7-9-19)21(14-15-27)23(28)25(2,3)30-16-18-10-12-20(29-4)13-11-18;1-3-2/h5-13,15,21H,14,16H2,1-4H3;1-2H3. The fraction of sp³-hybridized carbons (Fsp3) is 0.370. The molecule has 1 heterocycles. The molecule has 2 aromatic carbocycles. The van der Waals surface area contributed by atoms with Gasteiger partial charge in [0.1, 0.15) is 17.0 Å². The van der Waals surface area contributed by atoms with E-state index in [-0.39, 0.29) is 12.2 Å². The summed E-state index contributed by atoms with van der Waals surface area (Å²) in [6.45, 7) is 5.84. The molecule has 34 heavy (non-hydrogen) atoms. The Balaban J connectivity index is 0.00000129. The fourth-order valence-electron chi connectivity index (χ4n) is 3.35. The third kappa shape index (κ3) is 7.52. The van der Waals surface area contributed by atoms with Gasteiger partial charge in [-0.25, -0.2) is 4.98 Å². The van der Waals surface area contributed by atoms with Crippen molar-refractivity contribution in [2.24, 2.45) is 0 Å². The molecule has 0 saturated heterocycles. The number of rotatable bonds is 10. The number of methoxy groups -OCH3 is 2. The number of carbonyl (C=O) groups excluding carboxylic acids is 2. The van der Waals surface area contributed by atoms with Gasteiger partial charge in [0.05, 0.1) is 23.5 Å². The number of hydrogen-bond acceptors (Lipinski definition) is 7. The quantitative estimate of drug-likeness (QED) is 0.303. The molecule has 0 spiro atoms. The van der Waals surface area contributed by atoms with E-state index in [4.69, 9.17) is 9.72 Å². The minimum atomic E-state index is -0.656. The Labute approximate surface area is 210 Å². The molecule has 3 rings (SSSR count). The first-order valence-electron chi connectivity index (χ1n) is 10.9. The van der Waals surface area contributed by atoms with Gasteiger partial charge < -0.3 is 14.3 Å². The maximum atomic E-state index is 13.5. The van der Waals surface area contributed by atoms with Crippen LogP contribution in [0.5, 0.6) is 5.75 Å². The second kappa shape index (κ2) is 13.4. The number of Topliss-reactive ketones (excluding diaryl/α,β-unsaturated/α-hetero) is 1. The van der Waals surface area contributed by atoms with Gasteiger partial charge in [-0.2, -0.15) is 0 Å². The number of carbonyl (C=O) groups is 2. The summed E-state index contributed by atoms with van der Waals surface area (Å²) in [6, 6.07) is 17.8. The molecule has 0 fully saturated rings. The zero-order valence-electron chi connectivity index (χ0n) is 20.7. The number of hydrogen-bond donors (Lipinski definition) is 0. The maximum absolute atomic E-state index is 13.5. The predicted octanol–water partition coefficient (Wildman–Crippen LogP) is 6.34. The number of thioether (sulfide) groups is 1. The Morgan fingerprint density at radius 3 is 2.26 bits per heavy atom. The Kier molecular flexibility index (Phi) is 11.0. The largest absolute Gasteiger partial charge is 0.497 e. The van der Waals surface area contributed by atoms with Crippen LogP contribution in [0.3, 0.4) is 0 Å². The lowest BCUT2D eigenvalue weighted by Crippen LogP contribution is -2.34. The highest BCUT2D eigenvalue weighted by Gasteiger charge is 2.37. The van der Waals surface area contributed by atoms with E-state index in [1.807, 2.05) is 75.4 Å². The Morgan fingerprint density at radius 2 is 1.71 bits per heavy atom. The predicted molar refractivity (Wildman–Crippen MR) is 142 cm³/mol. The molecular formula is C27H33NO4S2. The van der Waals surface area contributed by atoms with Crippen LogP contribution >= 0.6 is 23.1 Å². The minimum absolute atomic E-state index is 0.0334. The lowest BCUT2D eigenvalue weighted by atomic mass is 9.89. The van der Waals surface area contributed by atoms with Gasteiger partial charge in [-0.05, 0) is 38.5 Å². The first-order chi connectivity index (χ1) is 16.3. The van der Waals surface area contributed by atoms with E-state index < -0.39 is 10.7 Å². The van der Waals surface area contributed by atoms with Gasteiger partial charge in [0.2, 0.25) is 0 Å². The summed E-state index contributed by atoms with van der Waals surface area (Å²) in [5.74, 6) is 1.00. The first kappa shape index (κ1) is 27.8. The Hall–Kier alpha value is -2.48. The third-order valence-corrected chi connectivity index (χ3v) is 7.62. The number of thiazole rings is 1. The van der Waals surface area contributed by atoms with Gasteiger partial charge in [0, 0.05) is 36.8 Å². The molecule has 1 unspecified atom stereocenters. The van der Waals surface area contributed by atoms with Crippen molar-refractivity contribution in [3.05, 3.63) is 70.7 Å². The second-order valence-electron chi connectivity index (χ2n) is 8.20. The van der Waals surface area contributed by atoms with Crippen LogP contribution in [0.25, 0.3) is 10.6 Å². The van der Waals surface area contributed by atoms with Crippen LogP contribution < -0.4 is 4.74 Å². The highest BCUT2D eigenvalue weighted by Crippen LogP contribution is 2.39. The van der Waals surface area contributed by atoms with E-state index in [0.29, 0.717) is 5.75 Å². The highest BCUT2D eigenvalue weighted by molar-refractivity contribution is 8.00. The van der Waals surface area contributed by atoms with E-state index in [1.54, 1.807) is 44.4 Å². The van der Waals surface area contributed by atoms with Gasteiger partial charge in [-0.3, -0.25) is 4.79 Å². The normalized spacial score (nSPS) is 11.8. The molecule has 182 valence electrons. The Morgan fingerprint density at radius 1 is 1.09 bits per heavy atom. The van der Waals surface area contributed by atoms with Crippen LogP contribution in [-0.2, 0) is 20.1 Å². The van der Waals surface area contributed by atoms with E-state index in [2.05, 4.69) is 4.74 Å². The molecule has 0 aliphatic rings. The van der Waals surface area contributed by atoms with Crippen molar-refractivity contribution in [2.45, 2.75) is 43.6 Å². The fourth-order valence-corrected chi connectivity index (χ4v) is 5.34. The first-order valence-corrected chi connectivity index (χ1v) is 12.7. The zero-order valence-corrected chi connectivity index (χ0v) is 22.3. The molecule has 1 atom stereocenters. The van der Waals surface area contributed by atoms with Crippen LogP contribution in [-0.4, -0.2) is 43.1 Å². The maximum Gasteiger partial charge on any atom is 0.157 e. The monoisotopic (exact) mass is 499 g/mol. The van der Waals surface area contributed by atoms with E-state index >= 15 is 0 Å². The third-order valence-electron chi connectivity index (χ3n) is 5.18. The molecule has 0 N–H and O–H groups in total. The number of ether oxygens (including phenoxy) is 2. The molecule has 0 aliphatic heterocycles. The number of benzene rings is 2. The van der Waals surface area contributed by atoms with Crippen molar-refractivity contribution in [1.82, 2.24) is 4.98 Å². The number of aryl methyl sites for hydroxylation is 1. The number of aromatic nitrogens is 1. The second-order valence-corrected chi connectivity index (χ2v) is 11.0. The van der Waals surface area contributed by atoms with E-state index in [1.165, 1.54) is 0 Å². The van der Waals surface area contributed by atoms with Gasteiger partial charge in [-0.1, -0.05) is 42.5 Å². The average molecular weight is 500 g/mol. The highest BCUT2D eigenvalue weighted by atomic mass is 32.2. The Bertz CT molecular complexity index is 1050. The van der Waals surface area contributed by atoms with Crippen molar-refractivity contribution < 1.29 is 19.1 Å². The van der Waals surface area contributed by atoms with Crippen molar-refractivity contribution in [3.8, 4) is 16.3 Å². The molecule has 5 nitrogen and oxygen atoms in total. The van der Waals surface area contributed by atoms with Gasteiger partial charge in [0.25, 0.3) is 0 Å². The van der Waals surface area contributed by atoms with Crippen LogP contribution in [0.1, 0.15) is 42.3 Å².